The fraction of sp³-hybridized carbons (Fsp3) is 0.214. The van der Waals surface area contributed by atoms with Crippen molar-refractivity contribution in [3.63, 3.8) is 0 Å². The van der Waals surface area contributed by atoms with Gasteiger partial charge < -0.3 is 19.6 Å². The van der Waals surface area contributed by atoms with Crippen molar-refractivity contribution in [2.45, 2.75) is 6.54 Å². The number of hydrogen-bond donors (Lipinski definition) is 1. The van der Waals surface area contributed by atoms with Crippen LogP contribution in [0.5, 0.6) is 0 Å². The number of ether oxygens (including phenoxy) is 1. The lowest BCUT2D eigenvalue weighted by atomic mass is 10.1. The molecule has 2 N–H and O–H groups in total. The van der Waals surface area contributed by atoms with Crippen molar-refractivity contribution < 1.29 is 9.53 Å². The number of aryl methyl sites for hydroxylation is 1. The molecule has 2 rings (SSSR count). The molecule has 0 bridgehead atoms. The molecule has 0 fully saturated rings. The Morgan fingerprint density at radius 3 is 2.62 bits per heavy atom. The third kappa shape index (κ3) is 2.71. The highest BCUT2D eigenvalue weighted by Gasteiger charge is 2.16. The van der Waals surface area contributed by atoms with Crippen LogP contribution >= 0.6 is 0 Å². The van der Waals surface area contributed by atoms with Crippen LogP contribution in [0.4, 0.5) is 5.69 Å². The van der Waals surface area contributed by atoms with Crippen LogP contribution < -0.4 is 16.9 Å². The van der Waals surface area contributed by atoms with E-state index in [0.29, 0.717) is 5.56 Å². The molecule has 7 heteroatoms. The van der Waals surface area contributed by atoms with Crippen LogP contribution in [0.15, 0.2) is 40.2 Å². The molecule has 0 aliphatic heterocycles. The lowest BCUT2D eigenvalue weighted by molar-refractivity contribution is 0.0600. The molecule has 1 aromatic heterocycles. The number of carbonyl (C=O) groups is 1. The first-order valence-corrected chi connectivity index (χ1v) is 6.17. The first-order valence-electron chi connectivity index (χ1n) is 6.17. The Morgan fingerprint density at radius 1 is 1.24 bits per heavy atom. The number of carbonyl (C=O) groups excluding carboxylic acids is 1. The molecule has 0 unspecified atom stereocenters. The number of anilines is 1. The minimum absolute atomic E-state index is 0.0599. The van der Waals surface area contributed by atoms with Gasteiger partial charge in [0.2, 0.25) is 0 Å². The van der Waals surface area contributed by atoms with E-state index < -0.39 is 17.1 Å². The summed E-state index contributed by atoms with van der Waals surface area (Å²) in [6, 6.07) is 4.90. The zero-order chi connectivity index (χ0) is 15.6. The van der Waals surface area contributed by atoms with Gasteiger partial charge in [-0.15, -0.1) is 0 Å². The second kappa shape index (κ2) is 5.66. The van der Waals surface area contributed by atoms with Crippen molar-refractivity contribution in [1.29, 1.82) is 0 Å². The van der Waals surface area contributed by atoms with E-state index in [1.54, 1.807) is 18.2 Å². The van der Waals surface area contributed by atoms with Crippen molar-refractivity contribution in [1.82, 2.24) is 9.13 Å². The molecule has 0 radical (unpaired) electrons. The van der Waals surface area contributed by atoms with Crippen LogP contribution in [0.1, 0.15) is 15.9 Å². The molecule has 1 aromatic carbocycles. The number of esters is 1. The fourth-order valence-corrected chi connectivity index (χ4v) is 2.00. The first-order chi connectivity index (χ1) is 9.95. The maximum atomic E-state index is 11.9. The quantitative estimate of drug-likeness (QED) is 0.486. The van der Waals surface area contributed by atoms with Crippen LogP contribution in [-0.4, -0.2) is 22.2 Å². The number of nitrogens with zero attached hydrogens (tertiary/aromatic N) is 2. The zero-order valence-electron chi connectivity index (χ0n) is 11.7. The molecular formula is C14H15N3O4. The number of benzene rings is 1. The highest BCUT2D eigenvalue weighted by atomic mass is 16.5. The highest BCUT2D eigenvalue weighted by Crippen LogP contribution is 2.18. The van der Waals surface area contributed by atoms with E-state index in [1.807, 2.05) is 0 Å². The lowest BCUT2D eigenvalue weighted by Gasteiger charge is -2.12. The Morgan fingerprint density at radius 2 is 1.95 bits per heavy atom. The standard InChI is InChI=1S/C14H15N3O4/c1-16-6-7-17(13(19)12(16)18)8-9-4-3-5-10(15)11(9)14(20)21-2/h3-7H,8,15H2,1-2H3. The van der Waals surface area contributed by atoms with E-state index in [4.69, 9.17) is 10.5 Å². The van der Waals surface area contributed by atoms with Crippen molar-refractivity contribution in [3.05, 3.63) is 62.4 Å². The van der Waals surface area contributed by atoms with Gasteiger partial charge in [0.25, 0.3) is 0 Å². The van der Waals surface area contributed by atoms with Crippen LogP contribution in [0.2, 0.25) is 0 Å². The van der Waals surface area contributed by atoms with Gasteiger partial charge in [-0.05, 0) is 11.6 Å². The van der Waals surface area contributed by atoms with E-state index in [2.05, 4.69) is 0 Å². The summed E-state index contributed by atoms with van der Waals surface area (Å²) in [5, 5.41) is 0. The van der Waals surface area contributed by atoms with E-state index >= 15 is 0 Å². The minimum atomic E-state index is -0.668. The minimum Gasteiger partial charge on any atom is -0.465 e. The van der Waals surface area contributed by atoms with E-state index in [0.717, 1.165) is 0 Å². The Bertz CT molecular complexity index is 805. The summed E-state index contributed by atoms with van der Waals surface area (Å²) in [7, 11) is 2.75. The average molecular weight is 289 g/mol. The van der Waals surface area contributed by atoms with E-state index in [9.17, 15) is 14.4 Å². The van der Waals surface area contributed by atoms with Crippen molar-refractivity contribution in [2.75, 3.05) is 12.8 Å². The average Bonchev–Trinajstić information content (AvgIpc) is 2.47. The van der Waals surface area contributed by atoms with Crippen LogP contribution in [0.25, 0.3) is 0 Å². The van der Waals surface area contributed by atoms with Crippen LogP contribution in [0, 0.1) is 0 Å². The summed E-state index contributed by atoms with van der Waals surface area (Å²) >= 11 is 0. The van der Waals surface area contributed by atoms with Crippen molar-refractivity contribution >= 4 is 11.7 Å². The van der Waals surface area contributed by atoms with Gasteiger partial charge >= 0.3 is 17.1 Å². The van der Waals surface area contributed by atoms with E-state index in [-0.39, 0.29) is 17.8 Å². The highest BCUT2D eigenvalue weighted by molar-refractivity contribution is 5.96. The van der Waals surface area contributed by atoms with Crippen LogP contribution in [-0.2, 0) is 18.3 Å². The number of aromatic nitrogens is 2. The normalized spacial score (nSPS) is 10.4. The monoisotopic (exact) mass is 289 g/mol. The molecule has 0 amide bonds. The second-order valence-corrected chi connectivity index (χ2v) is 4.52. The van der Waals surface area contributed by atoms with Gasteiger partial charge in [0, 0.05) is 25.1 Å². The summed E-state index contributed by atoms with van der Waals surface area (Å²) in [4.78, 5) is 35.3. The molecule has 110 valence electrons. The largest absolute Gasteiger partial charge is 0.465 e. The molecule has 0 saturated heterocycles. The fourth-order valence-electron chi connectivity index (χ4n) is 2.00. The SMILES string of the molecule is COC(=O)c1c(N)cccc1Cn1ccn(C)c(=O)c1=O. The summed E-state index contributed by atoms with van der Waals surface area (Å²) in [5.41, 5.74) is 5.46. The predicted octanol–water partition coefficient (Wildman–Crippen LogP) is -0.0359. The Kier molecular flexibility index (Phi) is 3.93. The van der Waals surface area contributed by atoms with Gasteiger partial charge in [0.15, 0.2) is 0 Å². The topological polar surface area (TPSA) is 96.3 Å². The Labute approximate surface area is 120 Å². The lowest BCUT2D eigenvalue weighted by Crippen LogP contribution is -2.39. The smallest absolute Gasteiger partial charge is 0.340 e. The summed E-state index contributed by atoms with van der Waals surface area (Å²) < 4.78 is 7.12. The number of hydrogen-bond acceptors (Lipinski definition) is 5. The van der Waals surface area contributed by atoms with Gasteiger partial charge in [-0.2, -0.15) is 0 Å². The number of methoxy groups -OCH3 is 1. The first kappa shape index (κ1) is 14.6. The molecule has 0 saturated carbocycles. The van der Waals surface area contributed by atoms with Gasteiger partial charge in [0.1, 0.15) is 0 Å². The molecule has 0 aliphatic carbocycles. The molecule has 0 atom stereocenters. The van der Waals surface area contributed by atoms with Gasteiger partial charge in [0.05, 0.1) is 19.2 Å². The third-order valence-electron chi connectivity index (χ3n) is 3.15. The molecule has 7 nitrogen and oxygen atoms in total. The van der Waals surface area contributed by atoms with Gasteiger partial charge in [-0.25, -0.2) is 4.79 Å². The number of nitrogens with two attached hydrogens (primary N) is 1. The molecule has 0 aliphatic rings. The molecule has 21 heavy (non-hydrogen) atoms. The molecular weight excluding hydrogens is 274 g/mol. The zero-order valence-corrected chi connectivity index (χ0v) is 11.7. The molecule has 0 spiro atoms. The number of rotatable bonds is 3. The maximum absolute atomic E-state index is 11.9. The second-order valence-electron chi connectivity index (χ2n) is 4.52. The molecule has 1 heterocycles. The summed E-state index contributed by atoms with van der Waals surface area (Å²) in [5.74, 6) is -0.583. The maximum Gasteiger partial charge on any atom is 0.340 e. The summed E-state index contributed by atoms with van der Waals surface area (Å²) in [6.45, 7) is 0.0599. The van der Waals surface area contributed by atoms with Crippen molar-refractivity contribution in [3.8, 4) is 0 Å². The van der Waals surface area contributed by atoms with Crippen molar-refractivity contribution in [2.24, 2.45) is 7.05 Å². The third-order valence-corrected chi connectivity index (χ3v) is 3.15. The van der Waals surface area contributed by atoms with Gasteiger partial charge in [-0.1, -0.05) is 12.1 Å². The molecule has 2 aromatic rings. The Balaban J connectivity index is 2.53. The van der Waals surface area contributed by atoms with E-state index in [1.165, 1.54) is 35.7 Å². The summed E-state index contributed by atoms with van der Waals surface area (Å²) in [6.07, 6.45) is 2.96. The van der Waals surface area contributed by atoms with Gasteiger partial charge in [-0.3, -0.25) is 9.59 Å². The number of nitrogen functional groups attached to an aromatic ring is 1. The Hall–Kier alpha value is -2.83. The van der Waals surface area contributed by atoms with Crippen LogP contribution in [0.3, 0.4) is 0 Å². The predicted molar refractivity (Wildman–Crippen MR) is 77.2 cm³/mol.